The fourth-order valence-corrected chi connectivity index (χ4v) is 1.98. The Morgan fingerprint density at radius 2 is 1.71 bits per heavy atom. The molecule has 0 unspecified atom stereocenters. The number of halogens is 1. The van der Waals surface area contributed by atoms with E-state index in [0.717, 1.165) is 31.4 Å². The summed E-state index contributed by atoms with van der Waals surface area (Å²) in [6, 6.07) is 6.57. The third-order valence-corrected chi connectivity index (χ3v) is 2.99. The van der Waals surface area contributed by atoms with Crippen molar-refractivity contribution in [3.8, 4) is 5.75 Å². The fraction of sp³-hybridized carbons (Fsp3) is 0.0714. The van der Waals surface area contributed by atoms with E-state index in [0.29, 0.717) is 0 Å². The number of ether oxygens (including phenoxy) is 1. The van der Waals surface area contributed by atoms with Crippen molar-refractivity contribution >= 4 is 23.0 Å². The molecule has 0 bridgehead atoms. The molecule has 0 heterocycles. The first kappa shape index (κ1) is 16.8. The van der Waals surface area contributed by atoms with Gasteiger partial charge < -0.3 is 10.1 Å². The standard InChI is InChI=1S/C14H10FN3O6/c1-24-13-11(17(20)21)6-10(7-12(13)18(22)23)16-14(19)8-3-2-4-9(15)5-8/h2-7H,1H3,(H,16,19). The minimum absolute atomic E-state index is 0.0453. The largest absolute Gasteiger partial charge is 0.485 e. The summed E-state index contributed by atoms with van der Waals surface area (Å²) in [6.07, 6.45) is 0. The molecule has 2 aromatic rings. The van der Waals surface area contributed by atoms with Crippen LogP contribution in [0.25, 0.3) is 0 Å². The van der Waals surface area contributed by atoms with Crippen LogP contribution in [0.3, 0.4) is 0 Å². The number of methoxy groups -OCH3 is 1. The summed E-state index contributed by atoms with van der Waals surface area (Å²) in [5.41, 5.74) is -1.60. The minimum atomic E-state index is -0.871. The Balaban J connectivity index is 2.45. The van der Waals surface area contributed by atoms with Crippen LogP contribution in [-0.2, 0) is 0 Å². The van der Waals surface area contributed by atoms with Gasteiger partial charge in [0.1, 0.15) is 5.82 Å². The van der Waals surface area contributed by atoms with Crippen LogP contribution in [0.5, 0.6) is 5.75 Å². The van der Waals surface area contributed by atoms with Crippen molar-refractivity contribution in [2.24, 2.45) is 0 Å². The van der Waals surface area contributed by atoms with Crippen LogP contribution in [0.1, 0.15) is 10.4 Å². The van der Waals surface area contributed by atoms with Gasteiger partial charge >= 0.3 is 11.4 Å². The third kappa shape index (κ3) is 3.43. The number of nitro benzene ring substituents is 2. The predicted molar refractivity (Wildman–Crippen MR) is 80.7 cm³/mol. The van der Waals surface area contributed by atoms with E-state index in [9.17, 15) is 29.4 Å². The van der Waals surface area contributed by atoms with Gasteiger partial charge in [0.15, 0.2) is 0 Å². The highest BCUT2D eigenvalue weighted by Gasteiger charge is 2.28. The second-order valence-corrected chi connectivity index (χ2v) is 4.53. The Morgan fingerprint density at radius 1 is 1.12 bits per heavy atom. The van der Waals surface area contributed by atoms with Crippen molar-refractivity contribution in [2.75, 3.05) is 12.4 Å². The van der Waals surface area contributed by atoms with Gasteiger partial charge in [-0.2, -0.15) is 0 Å². The summed E-state index contributed by atoms with van der Waals surface area (Å²) < 4.78 is 17.8. The molecular formula is C14H10FN3O6. The van der Waals surface area contributed by atoms with E-state index in [1.54, 1.807) is 0 Å². The monoisotopic (exact) mass is 335 g/mol. The SMILES string of the molecule is COc1c([N+](=O)[O-])cc(NC(=O)c2cccc(F)c2)cc1[N+](=O)[O-]. The maximum absolute atomic E-state index is 13.1. The lowest BCUT2D eigenvalue weighted by atomic mass is 10.2. The van der Waals surface area contributed by atoms with Crippen molar-refractivity contribution in [3.05, 3.63) is 68.0 Å². The molecule has 0 aliphatic carbocycles. The topological polar surface area (TPSA) is 125 Å². The molecule has 0 aromatic heterocycles. The van der Waals surface area contributed by atoms with Crippen molar-refractivity contribution in [1.82, 2.24) is 0 Å². The van der Waals surface area contributed by atoms with Gasteiger partial charge in [0.25, 0.3) is 11.7 Å². The number of carbonyl (C=O) groups is 1. The van der Waals surface area contributed by atoms with Crippen LogP contribution in [0.4, 0.5) is 21.5 Å². The fourth-order valence-electron chi connectivity index (χ4n) is 1.98. The van der Waals surface area contributed by atoms with Crippen molar-refractivity contribution in [3.63, 3.8) is 0 Å². The molecule has 0 atom stereocenters. The van der Waals surface area contributed by atoms with E-state index in [2.05, 4.69) is 5.32 Å². The van der Waals surface area contributed by atoms with E-state index < -0.39 is 38.7 Å². The van der Waals surface area contributed by atoms with Crippen LogP contribution >= 0.6 is 0 Å². The smallest absolute Gasteiger partial charge is 0.320 e. The highest BCUT2D eigenvalue weighted by atomic mass is 19.1. The second kappa shape index (κ2) is 6.69. The number of hydrogen-bond donors (Lipinski definition) is 1. The van der Waals surface area contributed by atoms with E-state index in [4.69, 9.17) is 4.74 Å². The number of nitrogens with zero attached hydrogens (tertiary/aromatic N) is 2. The van der Waals surface area contributed by atoms with E-state index >= 15 is 0 Å². The van der Waals surface area contributed by atoms with Crippen LogP contribution in [-0.4, -0.2) is 22.9 Å². The number of benzene rings is 2. The lowest BCUT2D eigenvalue weighted by Crippen LogP contribution is -2.12. The molecule has 2 aromatic carbocycles. The lowest BCUT2D eigenvalue weighted by molar-refractivity contribution is -0.395. The van der Waals surface area contributed by atoms with Gasteiger partial charge in [-0.05, 0) is 18.2 Å². The van der Waals surface area contributed by atoms with Gasteiger partial charge in [0.2, 0.25) is 0 Å². The zero-order chi connectivity index (χ0) is 17.9. The van der Waals surface area contributed by atoms with Gasteiger partial charge in [-0.25, -0.2) is 4.39 Å². The Labute approximate surface area is 134 Å². The summed E-state index contributed by atoms with van der Waals surface area (Å²) in [4.78, 5) is 32.4. The normalized spacial score (nSPS) is 10.1. The average Bonchev–Trinajstić information content (AvgIpc) is 2.53. The number of carbonyl (C=O) groups excluding carboxylic acids is 1. The predicted octanol–water partition coefficient (Wildman–Crippen LogP) is 2.90. The van der Waals surface area contributed by atoms with Gasteiger partial charge in [-0.1, -0.05) is 6.07 Å². The third-order valence-electron chi connectivity index (χ3n) is 2.99. The summed E-state index contributed by atoms with van der Waals surface area (Å²) in [7, 11) is 1.06. The first-order valence-corrected chi connectivity index (χ1v) is 6.41. The summed E-state index contributed by atoms with van der Waals surface area (Å²) in [6.45, 7) is 0. The Kier molecular flexibility index (Phi) is 4.68. The van der Waals surface area contributed by atoms with Crippen molar-refractivity contribution in [2.45, 2.75) is 0 Å². The van der Waals surface area contributed by atoms with Crippen LogP contribution in [0.2, 0.25) is 0 Å². The number of anilines is 1. The number of hydrogen-bond acceptors (Lipinski definition) is 6. The maximum Gasteiger partial charge on any atom is 0.320 e. The second-order valence-electron chi connectivity index (χ2n) is 4.53. The first-order valence-electron chi connectivity index (χ1n) is 6.41. The molecule has 9 nitrogen and oxygen atoms in total. The maximum atomic E-state index is 13.1. The molecule has 124 valence electrons. The molecular weight excluding hydrogens is 325 g/mol. The quantitative estimate of drug-likeness (QED) is 0.661. The molecule has 0 radical (unpaired) electrons. The van der Waals surface area contributed by atoms with E-state index in [1.807, 2.05) is 0 Å². The molecule has 1 N–H and O–H groups in total. The molecule has 10 heteroatoms. The summed E-state index contributed by atoms with van der Waals surface area (Å²) in [5.74, 6) is -1.95. The molecule has 0 aliphatic rings. The molecule has 2 rings (SSSR count). The highest BCUT2D eigenvalue weighted by molar-refractivity contribution is 6.04. The van der Waals surface area contributed by atoms with Crippen LogP contribution in [0, 0.1) is 26.0 Å². The van der Waals surface area contributed by atoms with Gasteiger partial charge in [-0.15, -0.1) is 0 Å². The lowest BCUT2D eigenvalue weighted by Gasteiger charge is -2.08. The molecule has 0 spiro atoms. The van der Waals surface area contributed by atoms with E-state index in [1.165, 1.54) is 12.1 Å². The minimum Gasteiger partial charge on any atom is -0.485 e. The molecule has 24 heavy (non-hydrogen) atoms. The first-order chi connectivity index (χ1) is 11.3. The Morgan fingerprint density at radius 3 is 2.17 bits per heavy atom. The molecule has 0 saturated heterocycles. The zero-order valence-electron chi connectivity index (χ0n) is 12.2. The van der Waals surface area contributed by atoms with Crippen LogP contribution < -0.4 is 10.1 Å². The Bertz CT molecular complexity index is 804. The van der Waals surface area contributed by atoms with Gasteiger partial charge in [-0.3, -0.25) is 25.0 Å². The molecule has 1 amide bonds. The average molecular weight is 335 g/mol. The van der Waals surface area contributed by atoms with Gasteiger partial charge in [0.05, 0.1) is 22.6 Å². The summed E-state index contributed by atoms with van der Waals surface area (Å²) >= 11 is 0. The zero-order valence-corrected chi connectivity index (χ0v) is 12.2. The van der Waals surface area contributed by atoms with E-state index in [-0.39, 0.29) is 11.3 Å². The van der Waals surface area contributed by atoms with Crippen molar-refractivity contribution < 1.29 is 23.8 Å². The van der Waals surface area contributed by atoms with Crippen molar-refractivity contribution in [1.29, 1.82) is 0 Å². The summed E-state index contributed by atoms with van der Waals surface area (Å²) in [5, 5.41) is 24.4. The molecule has 0 fully saturated rings. The van der Waals surface area contributed by atoms with Gasteiger partial charge in [0, 0.05) is 17.7 Å². The van der Waals surface area contributed by atoms with Crippen LogP contribution in [0.15, 0.2) is 36.4 Å². The molecule has 0 saturated carbocycles. The number of nitrogens with one attached hydrogen (secondary N) is 1. The number of amides is 1. The number of rotatable bonds is 5. The Hall–Kier alpha value is -3.56. The molecule has 0 aliphatic heterocycles. The highest BCUT2D eigenvalue weighted by Crippen LogP contribution is 2.39. The number of nitro groups is 2.